The molecule has 1 aliphatic rings. The van der Waals surface area contributed by atoms with Crippen LogP contribution in [0.3, 0.4) is 0 Å². The Hall–Kier alpha value is -2.10. The number of imidazole rings is 1. The van der Waals surface area contributed by atoms with Gasteiger partial charge in [-0.25, -0.2) is 4.98 Å². The van der Waals surface area contributed by atoms with Gasteiger partial charge in [0.1, 0.15) is 11.7 Å². The number of benzene rings is 1. The third kappa shape index (κ3) is 2.33. The Labute approximate surface area is 118 Å². The van der Waals surface area contributed by atoms with E-state index < -0.39 is 11.9 Å². The van der Waals surface area contributed by atoms with Crippen molar-refractivity contribution in [2.24, 2.45) is 0 Å². The number of carbonyl (C=O) groups is 1. The summed E-state index contributed by atoms with van der Waals surface area (Å²) >= 11 is 0. The van der Waals surface area contributed by atoms with E-state index in [0.29, 0.717) is 12.2 Å². The fourth-order valence-corrected chi connectivity index (χ4v) is 2.86. The van der Waals surface area contributed by atoms with Crippen LogP contribution in [0.4, 0.5) is 0 Å². The molecule has 0 bridgehead atoms. The van der Waals surface area contributed by atoms with Crippen LogP contribution in [0.15, 0.2) is 30.5 Å². The molecule has 1 N–H and O–H groups in total. The summed E-state index contributed by atoms with van der Waals surface area (Å²) < 4.78 is 2.01. The molecule has 1 unspecified atom stereocenters. The van der Waals surface area contributed by atoms with Crippen molar-refractivity contribution in [3.63, 3.8) is 0 Å². The van der Waals surface area contributed by atoms with Gasteiger partial charge in [0.15, 0.2) is 0 Å². The first-order valence-corrected chi connectivity index (χ1v) is 6.98. The van der Waals surface area contributed by atoms with Crippen molar-refractivity contribution in [3.05, 3.63) is 53.1 Å². The molecule has 0 amide bonds. The molecular weight excluding hydrogens is 252 g/mol. The van der Waals surface area contributed by atoms with Crippen molar-refractivity contribution in [1.29, 1.82) is 0 Å². The number of nitrogens with zero attached hydrogens (tertiary/aromatic N) is 2. The summed E-state index contributed by atoms with van der Waals surface area (Å²) in [6.07, 6.45) is 4.37. The molecule has 1 atom stereocenters. The van der Waals surface area contributed by atoms with E-state index in [1.54, 1.807) is 0 Å². The smallest absolute Gasteiger partial charge is 0.314 e. The van der Waals surface area contributed by atoms with E-state index in [9.17, 15) is 9.90 Å². The van der Waals surface area contributed by atoms with E-state index in [1.807, 2.05) is 22.9 Å². The molecule has 1 aromatic heterocycles. The van der Waals surface area contributed by atoms with Crippen LogP contribution in [0, 0.1) is 6.92 Å². The topological polar surface area (TPSA) is 55.1 Å². The first kappa shape index (κ1) is 12.9. The third-order valence-electron chi connectivity index (χ3n) is 3.99. The summed E-state index contributed by atoms with van der Waals surface area (Å²) in [5.41, 5.74) is 3.45. The number of fused-ring (bicyclic) bond motifs is 1. The quantitative estimate of drug-likeness (QED) is 0.933. The van der Waals surface area contributed by atoms with Gasteiger partial charge in [-0.1, -0.05) is 24.3 Å². The molecule has 4 heteroatoms. The maximum absolute atomic E-state index is 11.3. The summed E-state index contributed by atoms with van der Waals surface area (Å²) in [4.78, 5) is 15.9. The third-order valence-corrected chi connectivity index (χ3v) is 3.99. The van der Waals surface area contributed by atoms with Gasteiger partial charge in [0.05, 0.1) is 5.69 Å². The van der Waals surface area contributed by atoms with Crippen LogP contribution < -0.4 is 0 Å². The molecule has 0 spiro atoms. The minimum Gasteiger partial charge on any atom is -0.481 e. The first-order chi connectivity index (χ1) is 9.65. The number of carboxylic acid groups (broad SMARTS) is 1. The zero-order valence-electron chi connectivity index (χ0n) is 11.5. The second kappa shape index (κ2) is 5.12. The minimum atomic E-state index is -0.765. The number of aryl methyl sites for hydroxylation is 2. The molecule has 1 aliphatic heterocycles. The van der Waals surface area contributed by atoms with E-state index in [0.717, 1.165) is 25.1 Å². The maximum atomic E-state index is 11.3. The normalized spacial score (nSPS) is 17.8. The maximum Gasteiger partial charge on any atom is 0.314 e. The van der Waals surface area contributed by atoms with Crippen molar-refractivity contribution in [3.8, 4) is 0 Å². The van der Waals surface area contributed by atoms with Gasteiger partial charge in [0.2, 0.25) is 0 Å². The fraction of sp³-hybridized carbons (Fsp3) is 0.375. The van der Waals surface area contributed by atoms with Gasteiger partial charge in [-0.3, -0.25) is 4.79 Å². The number of hydrogen-bond acceptors (Lipinski definition) is 2. The summed E-state index contributed by atoms with van der Waals surface area (Å²) in [5, 5.41) is 9.27. The Bertz CT molecular complexity index is 646. The number of hydrogen-bond donors (Lipinski definition) is 1. The van der Waals surface area contributed by atoms with Gasteiger partial charge in [-0.05, 0) is 30.9 Å². The Balaban J connectivity index is 1.90. The zero-order chi connectivity index (χ0) is 14.1. The van der Waals surface area contributed by atoms with Gasteiger partial charge in [-0.15, -0.1) is 0 Å². The highest BCUT2D eigenvalue weighted by Gasteiger charge is 2.28. The molecule has 2 heterocycles. The molecule has 2 aromatic rings. The summed E-state index contributed by atoms with van der Waals surface area (Å²) in [5.74, 6) is -0.499. The van der Waals surface area contributed by atoms with Crippen molar-refractivity contribution < 1.29 is 9.90 Å². The van der Waals surface area contributed by atoms with Gasteiger partial charge >= 0.3 is 5.97 Å². The molecule has 0 saturated carbocycles. The van der Waals surface area contributed by atoms with Crippen molar-refractivity contribution >= 4 is 5.97 Å². The molecule has 20 heavy (non-hydrogen) atoms. The van der Waals surface area contributed by atoms with E-state index in [-0.39, 0.29) is 0 Å². The molecule has 3 rings (SSSR count). The molecule has 4 nitrogen and oxygen atoms in total. The molecule has 1 aromatic carbocycles. The number of rotatable bonds is 3. The Morgan fingerprint density at radius 2 is 2.25 bits per heavy atom. The Morgan fingerprint density at radius 1 is 1.45 bits per heavy atom. The van der Waals surface area contributed by atoms with E-state index in [2.05, 4.69) is 24.0 Å². The second-order valence-corrected chi connectivity index (χ2v) is 5.42. The van der Waals surface area contributed by atoms with Crippen LogP contribution in [-0.2, 0) is 17.8 Å². The Morgan fingerprint density at radius 3 is 3.00 bits per heavy atom. The van der Waals surface area contributed by atoms with Gasteiger partial charge in [-0.2, -0.15) is 0 Å². The molecule has 0 radical (unpaired) electrons. The van der Waals surface area contributed by atoms with Crippen LogP contribution in [0.1, 0.15) is 41.4 Å². The lowest BCUT2D eigenvalue weighted by atomic mass is 9.99. The monoisotopic (exact) mass is 270 g/mol. The number of aromatic nitrogens is 2. The SMILES string of the molecule is Cc1ccccc1Cc1cn2c(n1)C(C(=O)O)CCC2. The predicted molar refractivity (Wildman–Crippen MR) is 75.8 cm³/mol. The predicted octanol–water partition coefficient (Wildman–Crippen LogP) is 2.74. The highest BCUT2D eigenvalue weighted by Crippen LogP contribution is 2.27. The average Bonchev–Trinajstić information content (AvgIpc) is 2.83. The van der Waals surface area contributed by atoms with Crippen LogP contribution in [0.2, 0.25) is 0 Å². The van der Waals surface area contributed by atoms with Gasteiger partial charge < -0.3 is 9.67 Å². The van der Waals surface area contributed by atoms with Gasteiger partial charge in [0, 0.05) is 19.2 Å². The van der Waals surface area contributed by atoms with Crippen LogP contribution in [0.5, 0.6) is 0 Å². The van der Waals surface area contributed by atoms with Gasteiger partial charge in [0.25, 0.3) is 0 Å². The van der Waals surface area contributed by atoms with Crippen LogP contribution >= 0.6 is 0 Å². The van der Waals surface area contributed by atoms with E-state index >= 15 is 0 Å². The lowest BCUT2D eigenvalue weighted by Crippen LogP contribution is -2.21. The van der Waals surface area contributed by atoms with Crippen molar-refractivity contribution in [2.75, 3.05) is 0 Å². The summed E-state index contributed by atoms with van der Waals surface area (Å²) in [7, 11) is 0. The minimum absolute atomic E-state index is 0.450. The highest BCUT2D eigenvalue weighted by molar-refractivity contribution is 5.75. The number of aliphatic carboxylic acids is 1. The average molecular weight is 270 g/mol. The molecular formula is C16H18N2O2. The molecule has 0 saturated heterocycles. The highest BCUT2D eigenvalue weighted by atomic mass is 16.4. The van der Waals surface area contributed by atoms with Crippen LogP contribution in [0.25, 0.3) is 0 Å². The van der Waals surface area contributed by atoms with E-state index in [4.69, 9.17) is 0 Å². The van der Waals surface area contributed by atoms with E-state index in [1.165, 1.54) is 11.1 Å². The molecule has 104 valence electrons. The summed E-state index contributed by atoms with van der Waals surface area (Å²) in [6, 6.07) is 8.24. The van der Waals surface area contributed by atoms with Crippen LogP contribution in [-0.4, -0.2) is 20.6 Å². The fourth-order valence-electron chi connectivity index (χ4n) is 2.86. The lowest BCUT2D eigenvalue weighted by molar-refractivity contribution is -0.139. The largest absolute Gasteiger partial charge is 0.481 e. The Kier molecular flexibility index (Phi) is 3.30. The van der Waals surface area contributed by atoms with Crippen molar-refractivity contribution in [2.45, 2.75) is 38.6 Å². The number of carboxylic acids is 1. The first-order valence-electron chi connectivity index (χ1n) is 6.98. The zero-order valence-corrected chi connectivity index (χ0v) is 11.5. The molecule has 0 aliphatic carbocycles. The lowest BCUT2D eigenvalue weighted by Gasteiger charge is -2.19. The molecule has 0 fully saturated rings. The standard InChI is InChI=1S/C16H18N2O2/c1-11-5-2-3-6-12(11)9-13-10-18-8-4-7-14(16(19)20)15(18)17-13/h2-3,5-6,10,14H,4,7-9H2,1H3,(H,19,20). The second-order valence-electron chi connectivity index (χ2n) is 5.42. The summed E-state index contributed by atoms with van der Waals surface area (Å²) in [6.45, 7) is 2.96. The van der Waals surface area contributed by atoms with Crippen molar-refractivity contribution in [1.82, 2.24) is 9.55 Å².